The van der Waals surface area contributed by atoms with Crippen molar-refractivity contribution in [3.05, 3.63) is 63.6 Å². The summed E-state index contributed by atoms with van der Waals surface area (Å²) in [6, 6.07) is 13.4. The van der Waals surface area contributed by atoms with Crippen molar-refractivity contribution in [2.75, 3.05) is 11.9 Å². The molecule has 0 aliphatic heterocycles. The van der Waals surface area contributed by atoms with Crippen LogP contribution in [-0.2, 0) is 0 Å². The van der Waals surface area contributed by atoms with Gasteiger partial charge < -0.3 is 10.6 Å². The molecule has 0 fully saturated rings. The van der Waals surface area contributed by atoms with Crippen LogP contribution in [0.25, 0.3) is 11.3 Å². The van der Waals surface area contributed by atoms with Gasteiger partial charge in [0.05, 0.1) is 15.7 Å². The van der Waals surface area contributed by atoms with Gasteiger partial charge in [0.2, 0.25) is 0 Å². The van der Waals surface area contributed by atoms with Gasteiger partial charge in [-0.05, 0) is 31.4 Å². The Hall–Kier alpha value is -2.44. The van der Waals surface area contributed by atoms with Gasteiger partial charge in [-0.25, -0.2) is 9.97 Å². The SMILES string of the molecule is Cc1nc(-c2ccccc2)c(C(=O)N[C@H](CNc2ccc(Cl)cn2)CC(C)C)s1. The molecule has 29 heavy (non-hydrogen) atoms. The number of hydrogen-bond donors (Lipinski definition) is 2. The van der Waals surface area contributed by atoms with Crippen molar-refractivity contribution >= 4 is 34.7 Å². The van der Waals surface area contributed by atoms with Gasteiger partial charge in [-0.2, -0.15) is 0 Å². The highest BCUT2D eigenvalue weighted by Crippen LogP contribution is 2.28. The lowest BCUT2D eigenvalue weighted by molar-refractivity contribution is 0.0939. The van der Waals surface area contributed by atoms with E-state index in [0.717, 1.165) is 28.5 Å². The predicted molar refractivity (Wildman–Crippen MR) is 121 cm³/mol. The minimum atomic E-state index is -0.0917. The summed E-state index contributed by atoms with van der Waals surface area (Å²) in [5.41, 5.74) is 1.69. The highest BCUT2D eigenvalue weighted by molar-refractivity contribution is 7.14. The van der Waals surface area contributed by atoms with Crippen LogP contribution in [-0.4, -0.2) is 28.5 Å². The van der Waals surface area contributed by atoms with E-state index in [1.54, 1.807) is 12.3 Å². The number of pyridine rings is 1. The molecule has 0 radical (unpaired) electrons. The number of rotatable bonds is 8. The van der Waals surface area contributed by atoms with Gasteiger partial charge in [-0.1, -0.05) is 55.8 Å². The zero-order valence-corrected chi connectivity index (χ0v) is 18.3. The Morgan fingerprint density at radius 3 is 2.59 bits per heavy atom. The Bertz CT molecular complexity index is 941. The van der Waals surface area contributed by atoms with Crippen LogP contribution in [0, 0.1) is 12.8 Å². The molecule has 0 saturated heterocycles. The highest BCUT2D eigenvalue weighted by Gasteiger charge is 2.21. The molecular weight excluding hydrogens is 404 g/mol. The van der Waals surface area contributed by atoms with E-state index in [4.69, 9.17) is 11.6 Å². The summed E-state index contributed by atoms with van der Waals surface area (Å²) in [7, 11) is 0. The normalized spacial score (nSPS) is 12.0. The second-order valence-electron chi connectivity index (χ2n) is 7.32. The maximum atomic E-state index is 13.1. The number of aryl methyl sites for hydroxylation is 1. The van der Waals surface area contributed by atoms with E-state index >= 15 is 0 Å². The number of amides is 1. The molecule has 0 bridgehead atoms. The van der Waals surface area contributed by atoms with Gasteiger partial charge >= 0.3 is 0 Å². The van der Waals surface area contributed by atoms with E-state index in [1.807, 2.05) is 43.3 Å². The number of nitrogens with zero attached hydrogens (tertiary/aromatic N) is 2. The summed E-state index contributed by atoms with van der Waals surface area (Å²) < 4.78 is 0. The van der Waals surface area contributed by atoms with Crippen molar-refractivity contribution in [1.29, 1.82) is 0 Å². The molecule has 0 spiro atoms. The van der Waals surface area contributed by atoms with E-state index in [2.05, 4.69) is 34.4 Å². The third-order valence-electron chi connectivity index (χ3n) is 4.34. The Morgan fingerprint density at radius 1 is 1.17 bits per heavy atom. The zero-order valence-electron chi connectivity index (χ0n) is 16.8. The van der Waals surface area contributed by atoms with E-state index in [-0.39, 0.29) is 11.9 Å². The number of hydrogen-bond acceptors (Lipinski definition) is 5. The van der Waals surface area contributed by atoms with Crippen molar-refractivity contribution in [3.63, 3.8) is 0 Å². The van der Waals surface area contributed by atoms with Gasteiger partial charge in [-0.15, -0.1) is 11.3 Å². The molecule has 7 heteroatoms. The number of anilines is 1. The van der Waals surface area contributed by atoms with E-state index in [1.165, 1.54) is 11.3 Å². The van der Waals surface area contributed by atoms with E-state index in [9.17, 15) is 4.79 Å². The minimum Gasteiger partial charge on any atom is -0.368 e. The van der Waals surface area contributed by atoms with Crippen molar-refractivity contribution in [2.45, 2.75) is 33.2 Å². The largest absolute Gasteiger partial charge is 0.368 e. The highest BCUT2D eigenvalue weighted by atomic mass is 35.5. The first-order valence-electron chi connectivity index (χ1n) is 9.61. The number of halogens is 1. The van der Waals surface area contributed by atoms with Crippen LogP contribution in [0.2, 0.25) is 5.02 Å². The van der Waals surface area contributed by atoms with E-state index in [0.29, 0.717) is 22.4 Å². The molecule has 152 valence electrons. The first kappa shape index (κ1) is 21.3. The van der Waals surface area contributed by atoms with Crippen molar-refractivity contribution in [1.82, 2.24) is 15.3 Å². The Morgan fingerprint density at radius 2 is 1.93 bits per heavy atom. The van der Waals surface area contributed by atoms with Crippen LogP contribution in [0.1, 0.15) is 34.9 Å². The number of carbonyl (C=O) groups excluding carboxylic acids is 1. The van der Waals surface area contributed by atoms with Crippen LogP contribution in [0.3, 0.4) is 0 Å². The van der Waals surface area contributed by atoms with Crippen LogP contribution in [0.5, 0.6) is 0 Å². The molecule has 5 nitrogen and oxygen atoms in total. The molecule has 3 aromatic rings. The molecule has 0 aliphatic carbocycles. The summed E-state index contributed by atoms with van der Waals surface area (Å²) in [6.45, 7) is 6.79. The molecule has 0 unspecified atom stereocenters. The average molecular weight is 429 g/mol. The summed E-state index contributed by atoms with van der Waals surface area (Å²) in [6.07, 6.45) is 2.46. The number of aromatic nitrogens is 2. The van der Waals surface area contributed by atoms with Gasteiger partial charge in [0, 0.05) is 24.3 Å². The van der Waals surface area contributed by atoms with Crippen LogP contribution in [0.15, 0.2) is 48.7 Å². The molecule has 2 heterocycles. The van der Waals surface area contributed by atoms with Crippen molar-refractivity contribution in [2.24, 2.45) is 5.92 Å². The first-order valence-corrected chi connectivity index (χ1v) is 10.8. The minimum absolute atomic E-state index is 0.0361. The quantitative estimate of drug-likeness (QED) is 0.502. The fourth-order valence-electron chi connectivity index (χ4n) is 3.09. The molecule has 1 atom stereocenters. The topological polar surface area (TPSA) is 66.9 Å². The molecule has 2 aromatic heterocycles. The maximum Gasteiger partial charge on any atom is 0.263 e. The Balaban J connectivity index is 1.74. The molecule has 3 rings (SSSR count). The Labute approximate surface area is 180 Å². The summed E-state index contributed by atoms with van der Waals surface area (Å²) in [4.78, 5) is 22.6. The third-order valence-corrected chi connectivity index (χ3v) is 5.53. The fourth-order valence-corrected chi connectivity index (χ4v) is 4.05. The van der Waals surface area contributed by atoms with Gasteiger partial charge in [0.15, 0.2) is 0 Å². The second-order valence-corrected chi connectivity index (χ2v) is 8.96. The van der Waals surface area contributed by atoms with Gasteiger partial charge in [0.25, 0.3) is 5.91 Å². The maximum absolute atomic E-state index is 13.1. The molecule has 2 N–H and O–H groups in total. The standard InChI is InChI=1S/C22H25ClN4OS/c1-14(2)11-18(13-25-19-10-9-17(23)12-24-19)27-22(28)21-20(26-15(3)29-21)16-7-5-4-6-8-16/h4-10,12,14,18H,11,13H2,1-3H3,(H,24,25)(H,27,28)/t18-/m0/s1. The molecule has 0 saturated carbocycles. The lowest BCUT2D eigenvalue weighted by Crippen LogP contribution is -2.40. The lowest BCUT2D eigenvalue weighted by Gasteiger charge is -2.21. The number of benzene rings is 1. The zero-order chi connectivity index (χ0) is 20.8. The third kappa shape index (κ3) is 6.02. The predicted octanol–water partition coefficient (Wildman–Crippen LogP) is 5.42. The first-order chi connectivity index (χ1) is 13.9. The Kier molecular flexibility index (Phi) is 7.23. The van der Waals surface area contributed by atoms with Crippen molar-refractivity contribution in [3.8, 4) is 11.3 Å². The molecule has 1 amide bonds. The monoisotopic (exact) mass is 428 g/mol. The smallest absolute Gasteiger partial charge is 0.263 e. The van der Waals surface area contributed by atoms with E-state index < -0.39 is 0 Å². The average Bonchev–Trinajstić information content (AvgIpc) is 3.09. The molecule has 1 aromatic carbocycles. The summed E-state index contributed by atoms with van der Waals surface area (Å²) >= 11 is 7.32. The number of carbonyl (C=O) groups is 1. The summed E-state index contributed by atoms with van der Waals surface area (Å²) in [5, 5.41) is 7.94. The van der Waals surface area contributed by atoms with Crippen molar-refractivity contribution < 1.29 is 4.79 Å². The van der Waals surface area contributed by atoms with Gasteiger partial charge in [-0.3, -0.25) is 4.79 Å². The second kappa shape index (κ2) is 9.85. The fraction of sp³-hybridized carbons (Fsp3) is 0.318. The van der Waals surface area contributed by atoms with Crippen LogP contribution < -0.4 is 10.6 Å². The van der Waals surface area contributed by atoms with Gasteiger partial charge in [0.1, 0.15) is 10.7 Å². The summed E-state index contributed by atoms with van der Waals surface area (Å²) in [5.74, 6) is 1.08. The lowest BCUT2D eigenvalue weighted by atomic mass is 10.0. The number of thiazole rings is 1. The molecular formula is C22H25ClN4OS. The van der Waals surface area contributed by atoms with Crippen LogP contribution >= 0.6 is 22.9 Å². The molecule has 0 aliphatic rings. The van der Waals surface area contributed by atoms with Crippen LogP contribution in [0.4, 0.5) is 5.82 Å². The number of nitrogens with one attached hydrogen (secondary N) is 2.